The Morgan fingerprint density at radius 3 is 2.87 bits per heavy atom. The van der Waals surface area contributed by atoms with E-state index in [1.54, 1.807) is 6.92 Å². The third-order valence-corrected chi connectivity index (χ3v) is 2.90. The van der Waals surface area contributed by atoms with Gasteiger partial charge in [0.05, 0.1) is 4.91 Å². The fourth-order valence-corrected chi connectivity index (χ4v) is 2.24. The number of aliphatic hydroxyl groups is 1. The monoisotopic (exact) mass is 244 g/mol. The Morgan fingerprint density at radius 2 is 2.40 bits per heavy atom. The number of amidine groups is 1. The van der Waals surface area contributed by atoms with Crippen LogP contribution in [-0.4, -0.2) is 27.0 Å². The number of carbonyl (C=O) groups excluding carboxylic acids is 1. The molecule has 2 aliphatic heterocycles. The first-order chi connectivity index (χ1) is 6.98. The third kappa shape index (κ3) is 2.17. The molecule has 15 heavy (non-hydrogen) atoms. The van der Waals surface area contributed by atoms with Crippen molar-refractivity contribution in [1.29, 1.82) is 0 Å². The van der Waals surface area contributed by atoms with Crippen molar-refractivity contribution in [3.63, 3.8) is 0 Å². The normalized spacial score (nSPS) is 32.9. The Morgan fingerprint density at radius 1 is 1.67 bits per heavy atom. The molecule has 0 saturated carbocycles. The number of thioether (sulfide) groups is 1. The lowest BCUT2D eigenvalue weighted by Gasteiger charge is -2.13. The molecule has 80 valence electrons. The molecule has 1 fully saturated rings. The highest BCUT2D eigenvalue weighted by atomic mass is 32.2. The van der Waals surface area contributed by atoms with Crippen molar-refractivity contribution in [2.24, 2.45) is 4.99 Å². The van der Waals surface area contributed by atoms with E-state index in [1.165, 1.54) is 6.08 Å². The lowest BCUT2D eigenvalue weighted by atomic mass is 10.3. The van der Waals surface area contributed by atoms with E-state index in [1.807, 2.05) is 0 Å². The lowest BCUT2D eigenvalue weighted by Crippen LogP contribution is -2.44. The molecule has 1 saturated heterocycles. The summed E-state index contributed by atoms with van der Waals surface area (Å²) in [7, 11) is 0. The van der Waals surface area contributed by atoms with Gasteiger partial charge in [-0.2, -0.15) is 5.43 Å². The highest BCUT2D eigenvalue weighted by Gasteiger charge is 2.32. The van der Waals surface area contributed by atoms with Gasteiger partial charge in [0.2, 0.25) is 0 Å². The molecular weight excluding hydrogens is 236 g/mol. The number of aliphatic imine (C=N–C) groups is 1. The number of amides is 1. The summed E-state index contributed by atoms with van der Waals surface area (Å²) in [6.45, 7) is 1.69. The molecule has 2 aliphatic rings. The van der Waals surface area contributed by atoms with E-state index in [-0.39, 0.29) is 5.91 Å². The van der Waals surface area contributed by atoms with Gasteiger partial charge in [0.15, 0.2) is 0 Å². The van der Waals surface area contributed by atoms with Gasteiger partial charge in [-0.15, -0.1) is 0 Å². The molecule has 1 amide bonds. The molecule has 0 bridgehead atoms. The van der Waals surface area contributed by atoms with Crippen LogP contribution in [0.15, 0.2) is 16.0 Å². The SMILES string of the molecule is CC1=NC(O)(C=C2SC(=S)NC2=O)NN1. The van der Waals surface area contributed by atoms with Crippen LogP contribution in [0.4, 0.5) is 0 Å². The lowest BCUT2D eigenvalue weighted by molar-refractivity contribution is -0.115. The number of hydrazine groups is 1. The molecule has 0 spiro atoms. The van der Waals surface area contributed by atoms with Crippen LogP contribution in [0.2, 0.25) is 0 Å². The number of hydrogen-bond donors (Lipinski definition) is 4. The standard InChI is InChI=1S/C7H8N4O2S2/c1-3-9-7(13,11-10-3)2-4-5(12)8-6(14)15-4/h2,11,13H,1H3,(H,9,10)(H,8,12,14). The number of nitrogens with one attached hydrogen (secondary N) is 3. The van der Waals surface area contributed by atoms with E-state index >= 15 is 0 Å². The largest absolute Gasteiger partial charge is 0.353 e. The van der Waals surface area contributed by atoms with Crippen LogP contribution in [0.3, 0.4) is 0 Å². The topological polar surface area (TPSA) is 85.8 Å². The van der Waals surface area contributed by atoms with Crippen LogP contribution < -0.4 is 16.2 Å². The fraction of sp³-hybridized carbons (Fsp3) is 0.286. The molecule has 8 heteroatoms. The maximum absolute atomic E-state index is 11.3. The van der Waals surface area contributed by atoms with Gasteiger partial charge in [-0.1, -0.05) is 24.0 Å². The smallest absolute Gasteiger partial charge is 0.263 e. The summed E-state index contributed by atoms with van der Waals surface area (Å²) in [5, 5.41) is 12.3. The van der Waals surface area contributed by atoms with Gasteiger partial charge in [-0.25, -0.2) is 4.99 Å². The Hall–Kier alpha value is -0.960. The van der Waals surface area contributed by atoms with Crippen LogP contribution in [0.5, 0.6) is 0 Å². The second-order valence-electron chi connectivity index (χ2n) is 3.03. The summed E-state index contributed by atoms with van der Waals surface area (Å²) < 4.78 is 0.376. The van der Waals surface area contributed by atoms with Crippen LogP contribution in [0, 0.1) is 0 Å². The van der Waals surface area contributed by atoms with Crippen molar-refractivity contribution in [3.05, 3.63) is 11.0 Å². The van der Waals surface area contributed by atoms with E-state index in [0.717, 1.165) is 11.8 Å². The minimum Gasteiger partial charge on any atom is -0.353 e. The van der Waals surface area contributed by atoms with E-state index in [2.05, 4.69) is 21.2 Å². The highest BCUT2D eigenvalue weighted by Crippen LogP contribution is 2.26. The summed E-state index contributed by atoms with van der Waals surface area (Å²) in [5.41, 5.74) is 5.18. The first-order valence-corrected chi connectivity index (χ1v) is 5.29. The van der Waals surface area contributed by atoms with Gasteiger partial charge in [-0.05, 0) is 6.92 Å². The van der Waals surface area contributed by atoms with Crippen molar-refractivity contribution in [2.75, 3.05) is 0 Å². The van der Waals surface area contributed by atoms with E-state index in [9.17, 15) is 9.90 Å². The molecule has 0 radical (unpaired) electrons. The zero-order chi connectivity index (χ0) is 11.1. The van der Waals surface area contributed by atoms with Crippen LogP contribution >= 0.6 is 24.0 Å². The number of thiocarbonyl (C=S) groups is 1. The first-order valence-electron chi connectivity index (χ1n) is 4.06. The molecule has 6 nitrogen and oxygen atoms in total. The van der Waals surface area contributed by atoms with Gasteiger partial charge >= 0.3 is 0 Å². The highest BCUT2D eigenvalue weighted by molar-refractivity contribution is 8.26. The number of rotatable bonds is 1. The number of nitrogens with zero attached hydrogens (tertiary/aromatic N) is 1. The van der Waals surface area contributed by atoms with Crippen molar-refractivity contribution in [1.82, 2.24) is 16.2 Å². The van der Waals surface area contributed by atoms with Gasteiger partial charge in [0.25, 0.3) is 11.8 Å². The molecular formula is C7H8N4O2S2. The molecule has 2 heterocycles. The Balaban J connectivity index is 2.24. The zero-order valence-electron chi connectivity index (χ0n) is 7.70. The summed E-state index contributed by atoms with van der Waals surface area (Å²) in [4.78, 5) is 15.5. The molecule has 4 N–H and O–H groups in total. The van der Waals surface area contributed by atoms with E-state index < -0.39 is 5.85 Å². The average molecular weight is 244 g/mol. The summed E-state index contributed by atoms with van der Waals surface area (Å²) in [6, 6.07) is 0. The van der Waals surface area contributed by atoms with Crippen LogP contribution in [0.1, 0.15) is 6.92 Å². The van der Waals surface area contributed by atoms with Gasteiger partial charge in [0.1, 0.15) is 10.2 Å². The predicted molar refractivity (Wildman–Crippen MR) is 60.7 cm³/mol. The van der Waals surface area contributed by atoms with E-state index in [0.29, 0.717) is 15.1 Å². The molecule has 1 atom stereocenters. The number of carbonyl (C=O) groups is 1. The molecule has 2 rings (SSSR count). The van der Waals surface area contributed by atoms with Crippen molar-refractivity contribution in [3.8, 4) is 0 Å². The zero-order valence-corrected chi connectivity index (χ0v) is 9.33. The minimum atomic E-state index is -1.58. The van der Waals surface area contributed by atoms with Crippen molar-refractivity contribution < 1.29 is 9.90 Å². The Labute approximate surface area is 95.2 Å². The second-order valence-corrected chi connectivity index (χ2v) is 4.74. The quantitative estimate of drug-likeness (QED) is 0.356. The van der Waals surface area contributed by atoms with Gasteiger partial charge in [0, 0.05) is 6.08 Å². The summed E-state index contributed by atoms with van der Waals surface area (Å²) >= 11 is 5.91. The van der Waals surface area contributed by atoms with Crippen LogP contribution in [0.25, 0.3) is 0 Å². The van der Waals surface area contributed by atoms with Crippen molar-refractivity contribution in [2.45, 2.75) is 12.8 Å². The maximum Gasteiger partial charge on any atom is 0.263 e. The third-order valence-electron chi connectivity index (χ3n) is 1.74. The maximum atomic E-state index is 11.3. The molecule has 0 aromatic heterocycles. The molecule has 1 unspecified atom stereocenters. The molecule has 0 aromatic rings. The Kier molecular flexibility index (Phi) is 2.51. The van der Waals surface area contributed by atoms with Crippen molar-refractivity contribution >= 4 is 40.0 Å². The minimum absolute atomic E-state index is 0.319. The van der Waals surface area contributed by atoms with Gasteiger partial charge < -0.3 is 15.8 Å². The summed E-state index contributed by atoms with van der Waals surface area (Å²) in [6.07, 6.45) is 1.32. The van der Waals surface area contributed by atoms with E-state index in [4.69, 9.17) is 12.2 Å². The fourth-order valence-electron chi connectivity index (χ4n) is 1.17. The van der Waals surface area contributed by atoms with Crippen LogP contribution in [-0.2, 0) is 4.79 Å². The van der Waals surface area contributed by atoms with Gasteiger partial charge in [-0.3, -0.25) is 4.79 Å². The molecule has 0 aromatic carbocycles. The number of hydrogen-bond acceptors (Lipinski definition) is 7. The molecule has 0 aliphatic carbocycles. The second kappa shape index (κ2) is 3.56. The first kappa shape index (κ1) is 10.6. The predicted octanol–water partition coefficient (Wildman–Crippen LogP) is -0.810. The summed E-state index contributed by atoms with van der Waals surface area (Å²) in [5.74, 6) is -1.36. The average Bonchev–Trinajstić information content (AvgIpc) is 2.58. The Bertz CT molecular complexity index is 406.